The van der Waals surface area contributed by atoms with Gasteiger partial charge < -0.3 is 19.5 Å². The van der Waals surface area contributed by atoms with Crippen LogP contribution in [0.1, 0.15) is 17.5 Å². The minimum atomic E-state index is 0. The van der Waals surface area contributed by atoms with Crippen molar-refractivity contribution in [3.8, 4) is 11.5 Å². The number of morpholine rings is 1. The number of para-hydroxylation sites is 1. The van der Waals surface area contributed by atoms with Crippen LogP contribution in [-0.4, -0.2) is 51.4 Å². The predicted molar refractivity (Wildman–Crippen MR) is 127 cm³/mol. The van der Waals surface area contributed by atoms with Crippen molar-refractivity contribution in [1.29, 1.82) is 0 Å². The van der Waals surface area contributed by atoms with E-state index in [0.29, 0.717) is 11.6 Å². The number of nitrogens with one attached hydrogen (secondary N) is 1. The summed E-state index contributed by atoms with van der Waals surface area (Å²) in [4.78, 5) is 2.45. The molecule has 1 N–H and O–H groups in total. The largest absolute Gasteiger partial charge is 0.493 e. The lowest BCUT2D eigenvalue weighted by Crippen LogP contribution is -2.37. The maximum Gasteiger partial charge on any atom is 0.166 e. The van der Waals surface area contributed by atoms with E-state index in [4.69, 9.17) is 25.8 Å². The quantitative estimate of drug-likeness (QED) is 0.507. The topological polar surface area (TPSA) is 43.0 Å². The Hall–Kier alpha value is -1.21. The van der Waals surface area contributed by atoms with Gasteiger partial charge in [0.1, 0.15) is 6.61 Å². The molecule has 30 heavy (non-hydrogen) atoms. The number of hydrogen-bond donors (Lipinski definition) is 1. The molecule has 1 saturated heterocycles. The van der Waals surface area contributed by atoms with Crippen LogP contribution in [0.25, 0.3) is 0 Å². The Morgan fingerprint density at radius 3 is 2.50 bits per heavy atom. The van der Waals surface area contributed by atoms with Gasteiger partial charge in [0, 0.05) is 35.8 Å². The first-order chi connectivity index (χ1) is 13.8. The van der Waals surface area contributed by atoms with Gasteiger partial charge in [-0.1, -0.05) is 41.9 Å². The molecule has 0 unspecified atom stereocenters. The highest BCUT2D eigenvalue weighted by molar-refractivity contribution is 6.31. The lowest BCUT2D eigenvalue weighted by atomic mass is 10.1. The fraction of sp³-hybridized carbons (Fsp3) is 0.455. The van der Waals surface area contributed by atoms with Crippen LogP contribution >= 0.6 is 36.4 Å². The number of ether oxygens (including phenoxy) is 3. The third-order valence-corrected chi connectivity index (χ3v) is 5.23. The molecule has 1 aliphatic heterocycles. The number of methoxy groups -OCH3 is 1. The SMILES string of the molecule is COc1cccc(CNCCCN2CCOCC2)c1OCc1ccccc1Cl.Cl.Cl. The van der Waals surface area contributed by atoms with E-state index in [0.717, 1.165) is 75.0 Å². The van der Waals surface area contributed by atoms with Gasteiger partial charge in [0.2, 0.25) is 0 Å². The van der Waals surface area contributed by atoms with Gasteiger partial charge in [-0.3, -0.25) is 4.90 Å². The molecule has 2 aromatic carbocycles. The monoisotopic (exact) mass is 476 g/mol. The molecule has 0 spiro atoms. The van der Waals surface area contributed by atoms with E-state index in [1.807, 2.05) is 36.4 Å². The smallest absolute Gasteiger partial charge is 0.166 e. The highest BCUT2D eigenvalue weighted by Crippen LogP contribution is 2.32. The molecule has 8 heteroatoms. The van der Waals surface area contributed by atoms with Crippen LogP contribution in [-0.2, 0) is 17.9 Å². The molecule has 1 aliphatic rings. The lowest BCUT2D eigenvalue weighted by Gasteiger charge is -2.26. The number of rotatable bonds is 10. The first-order valence-electron chi connectivity index (χ1n) is 9.81. The van der Waals surface area contributed by atoms with E-state index in [9.17, 15) is 0 Å². The van der Waals surface area contributed by atoms with Crippen molar-refractivity contribution in [2.75, 3.05) is 46.5 Å². The Kier molecular flexibility index (Phi) is 13.2. The van der Waals surface area contributed by atoms with Gasteiger partial charge in [0.15, 0.2) is 11.5 Å². The van der Waals surface area contributed by atoms with Gasteiger partial charge in [-0.05, 0) is 31.6 Å². The summed E-state index contributed by atoms with van der Waals surface area (Å²) in [6, 6.07) is 13.7. The predicted octanol–water partition coefficient (Wildman–Crippen LogP) is 4.58. The molecule has 0 radical (unpaired) electrons. The van der Waals surface area contributed by atoms with Crippen molar-refractivity contribution in [3.63, 3.8) is 0 Å². The summed E-state index contributed by atoms with van der Waals surface area (Å²) in [6.45, 7) is 6.98. The van der Waals surface area contributed by atoms with Crippen LogP contribution in [0.2, 0.25) is 5.02 Å². The Morgan fingerprint density at radius 1 is 1.03 bits per heavy atom. The van der Waals surface area contributed by atoms with Crippen molar-refractivity contribution in [2.24, 2.45) is 0 Å². The Morgan fingerprint density at radius 2 is 1.77 bits per heavy atom. The molecule has 2 aromatic rings. The number of hydrogen-bond acceptors (Lipinski definition) is 5. The van der Waals surface area contributed by atoms with E-state index >= 15 is 0 Å². The molecule has 0 aliphatic carbocycles. The maximum atomic E-state index is 6.25. The molecule has 3 rings (SSSR count). The van der Waals surface area contributed by atoms with Crippen LogP contribution in [0.3, 0.4) is 0 Å². The summed E-state index contributed by atoms with van der Waals surface area (Å²) in [5.41, 5.74) is 2.04. The Bertz CT molecular complexity index is 743. The second-order valence-corrected chi connectivity index (χ2v) is 7.22. The van der Waals surface area contributed by atoms with Crippen LogP contribution in [0.5, 0.6) is 11.5 Å². The Labute approximate surface area is 196 Å². The van der Waals surface area contributed by atoms with Crippen LogP contribution < -0.4 is 14.8 Å². The fourth-order valence-electron chi connectivity index (χ4n) is 3.27. The number of halogens is 3. The fourth-order valence-corrected chi connectivity index (χ4v) is 3.46. The summed E-state index contributed by atoms with van der Waals surface area (Å²) < 4.78 is 17.0. The third-order valence-electron chi connectivity index (χ3n) is 4.86. The summed E-state index contributed by atoms with van der Waals surface area (Å²) in [5.74, 6) is 1.50. The van der Waals surface area contributed by atoms with E-state index in [-0.39, 0.29) is 24.8 Å². The zero-order chi connectivity index (χ0) is 19.6. The molecular weight excluding hydrogens is 447 g/mol. The molecule has 0 atom stereocenters. The van der Waals surface area contributed by atoms with Gasteiger partial charge in [-0.25, -0.2) is 0 Å². The van der Waals surface area contributed by atoms with Crippen molar-refractivity contribution < 1.29 is 14.2 Å². The second kappa shape index (κ2) is 14.7. The molecule has 0 aromatic heterocycles. The average Bonchev–Trinajstić information content (AvgIpc) is 2.74. The minimum Gasteiger partial charge on any atom is -0.493 e. The lowest BCUT2D eigenvalue weighted by molar-refractivity contribution is 0.0374. The minimum absolute atomic E-state index is 0. The second-order valence-electron chi connectivity index (χ2n) is 6.81. The van der Waals surface area contributed by atoms with Gasteiger partial charge in [0.25, 0.3) is 0 Å². The molecule has 5 nitrogen and oxygen atoms in total. The summed E-state index contributed by atoms with van der Waals surface area (Å²) in [7, 11) is 1.66. The van der Waals surface area contributed by atoms with E-state index in [1.165, 1.54) is 0 Å². The standard InChI is InChI=1S/C22H29ClN2O3.2ClH/c1-26-21-9-4-7-18(16-24-10-5-11-25-12-14-27-15-13-25)22(21)28-17-19-6-2-3-8-20(19)23;;/h2-4,6-9,24H,5,10-17H2,1H3;2*1H. The molecule has 168 valence electrons. The van der Waals surface area contributed by atoms with Crippen molar-refractivity contribution >= 4 is 36.4 Å². The van der Waals surface area contributed by atoms with Crippen molar-refractivity contribution in [3.05, 3.63) is 58.6 Å². The van der Waals surface area contributed by atoms with Crippen LogP contribution in [0, 0.1) is 0 Å². The molecule has 0 saturated carbocycles. The van der Waals surface area contributed by atoms with Crippen molar-refractivity contribution in [2.45, 2.75) is 19.6 Å². The zero-order valence-corrected chi connectivity index (χ0v) is 19.7. The van der Waals surface area contributed by atoms with Gasteiger partial charge >= 0.3 is 0 Å². The Balaban J connectivity index is 0.00000225. The molecule has 0 amide bonds. The van der Waals surface area contributed by atoms with Gasteiger partial charge in [-0.15, -0.1) is 24.8 Å². The summed E-state index contributed by atoms with van der Waals surface area (Å²) in [5, 5.41) is 4.23. The van der Waals surface area contributed by atoms with E-state index in [1.54, 1.807) is 7.11 Å². The first-order valence-corrected chi connectivity index (χ1v) is 10.2. The van der Waals surface area contributed by atoms with Crippen LogP contribution in [0.15, 0.2) is 42.5 Å². The highest BCUT2D eigenvalue weighted by atomic mass is 35.5. The average molecular weight is 478 g/mol. The molecular formula is C22H31Cl3N2O3. The normalized spacial score (nSPS) is 13.8. The van der Waals surface area contributed by atoms with Gasteiger partial charge in [0.05, 0.1) is 20.3 Å². The number of nitrogens with zero attached hydrogens (tertiary/aromatic N) is 1. The molecule has 1 heterocycles. The highest BCUT2D eigenvalue weighted by Gasteiger charge is 2.12. The zero-order valence-electron chi connectivity index (χ0n) is 17.3. The van der Waals surface area contributed by atoms with Gasteiger partial charge in [-0.2, -0.15) is 0 Å². The van der Waals surface area contributed by atoms with Crippen molar-refractivity contribution in [1.82, 2.24) is 10.2 Å². The molecule has 0 bridgehead atoms. The first kappa shape index (κ1) is 26.8. The molecule has 1 fully saturated rings. The summed E-state index contributed by atoms with van der Waals surface area (Å²) in [6.07, 6.45) is 1.11. The van der Waals surface area contributed by atoms with Crippen LogP contribution in [0.4, 0.5) is 0 Å². The maximum absolute atomic E-state index is 6.25. The number of benzene rings is 2. The summed E-state index contributed by atoms with van der Waals surface area (Å²) >= 11 is 6.25. The third kappa shape index (κ3) is 8.14. The van der Waals surface area contributed by atoms with E-state index < -0.39 is 0 Å². The van der Waals surface area contributed by atoms with E-state index in [2.05, 4.69) is 16.3 Å².